The number of rotatable bonds is 6. The van der Waals surface area contributed by atoms with E-state index in [0.29, 0.717) is 5.92 Å². The smallest absolute Gasteiger partial charge is 0.239 e. The van der Waals surface area contributed by atoms with Crippen LogP contribution in [0.3, 0.4) is 0 Å². The normalized spacial score (nSPS) is 20.8. The Kier molecular flexibility index (Phi) is 6.00. The van der Waals surface area contributed by atoms with Crippen molar-refractivity contribution < 1.29 is 4.79 Å². The third-order valence-electron chi connectivity index (χ3n) is 4.92. The van der Waals surface area contributed by atoms with Crippen LogP contribution in [-0.2, 0) is 18.3 Å². The van der Waals surface area contributed by atoms with Gasteiger partial charge in [0.15, 0.2) is 0 Å². The van der Waals surface area contributed by atoms with Gasteiger partial charge in [0.1, 0.15) is 5.82 Å². The Hall–Kier alpha value is -1.36. The Balaban J connectivity index is 1.95. The first-order valence-corrected chi connectivity index (χ1v) is 8.55. The van der Waals surface area contributed by atoms with Crippen molar-refractivity contribution in [1.29, 1.82) is 0 Å². The van der Waals surface area contributed by atoms with Crippen LogP contribution in [0.5, 0.6) is 0 Å². The number of carbonyl (C=O) groups is 1. The third kappa shape index (κ3) is 3.88. The fraction of sp³-hybridized carbons (Fsp3) is 0.765. The fourth-order valence-corrected chi connectivity index (χ4v) is 3.42. The first-order valence-electron chi connectivity index (χ1n) is 8.55. The molecule has 5 nitrogen and oxygen atoms in total. The molecule has 0 saturated carbocycles. The van der Waals surface area contributed by atoms with Gasteiger partial charge in [0.2, 0.25) is 5.91 Å². The summed E-state index contributed by atoms with van der Waals surface area (Å²) in [4.78, 5) is 21.3. The van der Waals surface area contributed by atoms with Crippen LogP contribution in [0.15, 0.2) is 12.4 Å². The molecule has 1 fully saturated rings. The van der Waals surface area contributed by atoms with Crippen LogP contribution in [0, 0.1) is 5.92 Å². The molecule has 0 N–H and O–H groups in total. The van der Waals surface area contributed by atoms with E-state index in [1.54, 1.807) is 0 Å². The largest absolute Gasteiger partial charge is 0.342 e. The second kappa shape index (κ2) is 7.77. The molecule has 1 aliphatic rings. The van der Waals surface area contributed by atoms with E-state index in [2.05, 4.69) is 28.4 Å². The maximum atomic E-state index is 12.6. The van der Waals surface area contributed by atoms with Gasteiger partial charge in [-0.1, -0.05) is 0 Å². The highest BCUT2D eigenvalue weighted by Gasteiger charge is 2.29. The summed E-state index contributed by atoms with van der Waals surface area (Å²) in [6, 6.07) is -0.0101. The Labute approximate surface area is 134 Å². The molecule has 2 atom stereocenters. The van der Waals surface area contributed by atoms with Crippen LogP contribution in [0.25, 0.3) is 0 Å². The van der Waals surface area contributed by atoms with Gasteiger partial charge < -0.3 is 9.47 Å². The highest BCUT2D eigenvalue weighted by Crippen LogP contribution is 2.22. The maximum absolute atomic E-state index is 12.6. The van der Waals surface area contributed by atoms with Gasteiger partial charge in [-0.05, 0) is 46.1 Å². The number of likely N-dealkylation sites (N-methyl/N-ethyl adjacent to an activating group) is 1. The van der Waals surface area contributed by atoms with Crippen molar-refractivity contribution in [3.63, 3.8) is 0 Å². The summed E-state index contributed by atoms with van der Waals surface area (Å²) in [5.74, 6) is 2.01. The number of likely N-dealkylation sites (tertiary alicyclic amines) is 1. The second-order valence-electron chi connectivity index (χ2n) is 6.35. The van der Waals surface area contributed by atoms with Gasteiger partial charge in [-0.25, -0.2) is 4.98 Å². The molecule has 1 aromatic rings. The SMILES string of the molecule is CCN(CC)C(=O)[C@@H](C)N1CCC[C@@H](Cc2nccn2C)C1. The molecule has 0 bridgehead atoms. The number of hydrogen-bond acceptors (Lipinski definition) is 3. The molecule has 0 aromatic carbocycles. The monoisotopic (exact) mass is 306 g/mol. The van der Waals surface area contributed by atoms with Gasteiger partial charge in [-0.15, -0.1) is 0 Å². The van der Waals surface area contributed by atoms with Gasteiger partial charge in [-0.3, -0.25) is 9.69 Å². The summed E-state index contributed by atoms with van der Waals surface area (Å²) in [6.45, 7) is 9.78. The molecule has 124 valence electrons. The molecule has 1 amide bonds. The van der Waals surface area contributed by atoms with Crippen molar-refractivity contribution in [1.82, 2.24) is 19.4 Å². The van der Waals surface area contributed by atoms with E-state index in [-0.39, 0.29) is 11.9 Å². The minimum absolute atomic E-state index is 0.0101. The molecular weight excluding hydrogens is 276 g/mol. The summed E-state index contributed by atoms with van der Waals surface area (Å²) in [6.07, 6.45) is 7.28. The molecule has 5 heteroatoms. The van der Waals surface area contributed by atoms with Gasteiger partial charge in [0.25, 0.3) is 0 Å². The van der Waals surface area contributed by atoms with E-state index in [1.807, 2.05) is 31.1 Å². The van der Waals surface area contributed by atoms with Gasteiger partial charge >= 0.3 is 0 Å². The molecule has 2 rings (SSSR count). The lowest BCUT2D eigenvalue weighted by Crippen LogP contribution is -2.50. The van der Waals surface area contributed by atoms with Crippen molar-refractivity contribution in [2.45, 2.75) is 46.1 Å². The van der Waals surface area contributed by atoms with Crippen LogP contribution in [0.1, 0.15) is 39.4 Å². The Bertz CT molecular complexity index is 481. The molecule has 1 saturated heterocycles. The number of amides is 1. The summed E-state index contributed by atoms with van der Waals surface area (Å²) in [7, 11) is 2.05. The van der Waals surface area contributed by atoms with Crippen molar-refractivity contribution >= 4 is 5.91 Å². The van der Waals surface area contributed by atoms with E-state index in [1.165, 1.54) is 12.8 Å². The number of imidazole rings is 1. The Morgan fingerprint density at radius 1 is 1.45 bits per heavy atom. The highest BCUT2D eigenvalue weighted by molar-refractivity contribution is 5.81. The van der Waals surface area contributed by atoms with Crippen molar-refractivity contribution in [3.8, 4) is 0 Å². The molecule has 2 heterocycles. The quantitative estimate of drug-likeness (QED) is 0.806. The minimum Gasteiger partial charge on any atom is -0.342 e. The van der Waals surface area contributed by atoms with Crippen LogP contribution in [-0.4, -0.2) is 57.5 Å². The molecule has 1 aliphatic heterocycles. The maximum Gasteiger partial charge on any atom is 0.239 e. The lowest BCUT2D eigenvalue weighted by Gasteiger charge is -2.37. The van der Waals surface area contributed by atoms with Gasteiger partial charge in [0, 0.05) is 45.5 Å². The summed E-state index contributed by atoms with van der Waals surface area (Å²) < 4.78 is 2.10. The number of carbonyl (C=O) groups excluding carboxylic acids is 1. The van der Waals surface area contributed by atoms with Crippen molar-refractivity contribution in [3.05, 3.63) is 18.2 Å². The zero-order valence-electron chi connectivity index (χ0n) is 14.5. The fourth-order valence-electron chi connectivity index (χ4n) is 3.42. The summed E-state index contributed by atoms with van der Waals surface area (Å²) >= 11 is 0. The van der Waals surface area contributed by atoms with E-state index >= 15 is 0 Å². The van der Waals surface area contributed by atoms with Crippen LogP contribution in [0.2, 0.25) is 0 Å². The molecular formula is C17H30N4O. The molecule has 22 heavy (non-hydrogen) atoms. The van der Waals surface area contributed by atoms with Gasteiger partial charge in [-0.2, -0.15) is 0 Å². The van der Waals surface area contributed by atoms with Gasteiger partial charge in [0.05, 0.1) is 6.04 Å². The molecule has 0 spiro atoms. The lowest BCUT2D eigenvalue weighted by molar-refractivity contribution is -0.136. The average Bonchev–Trinajstić information content (AvgIpc) is 2.93. The molecule has 0 aliphatic carbocycles. The lowest BCUT2D eigenvalue weighted by atomic mass is 9.93. The zero-order chi connectivity index (χ0) is 16.1. The molecule has 0 radical (unpaired) electrons. The van der Waals surface area contributed by atoms with Crippen LogP contribution < -0.4 is 0 Å². The van der Waals surface area contributed by atoms with E-state index in [0.717, 1.165) is 38.4 Å². The predicted molar refractivity (Wildman–Crippen MR) is 88.6 cm³/mol. The summed E-state index contributed by atoms with van der Waals surface area (Å²) in [5.41, 5.74) is 0. The predicted octanol–water partition coefficient (Wildman–Crippen LogP) is 1.93. The number of hydrogen-bond donors (Lipinski definition) is 0. The third-order valence-corrected chi connectivity index (χ3v) is 4.92. The van der Waals surface area contributed by atoms with Crippen LogP contribution >= 0.6 is 0 Å². The van der Waals surface area contributed by atoms with E-state index < -0.39 is 0 Å². The topological polar surface area (TPSA) is 41.4 Å². The highest BCUT2D eigenvalue weighted by atomic mass is 16.2. The standard InChI is InChI=1S/C17H30N4O/c1-5-20(6-2)17(22)14(3)21-10-7-8-15(13-21)12-16-18-9-11-19(16)4/h9,11,14-15H,5-8,10,12-13H2,1-4H3/t14-,15+/m1/s1. The summed E-state index contributed by atoms with van der Waals surface area (Å²) in [5, 5.41) is 0. The number of piperidine rings is 1. The Morgan fingerprint density at radius 3 is 2.77 bits per heavy atom. The first kappa shape index (κ1) is 17.0. The molecule has 1 aromatic heterocycles. The minimum atomic E-state index is -0.0101. The molecule has 0 unspecified atom stereocenters. The Morgan fingerprint density at radius 2 is 2.18 bits per heavy atom. The first-order chi connectivity index (χ1) is 10.6. The van der Waals surface area contributed by atoms with Crippen molar-refractivity contribution in [2.75, 3.05) is 26.2 Å². The van der Waals surface area contributed by atoms with E-state index in [4.69, 9.17) is 0 Å². The number of aromatic nitrogens is 2. The number of aryl methyl sites for hydroxylation is 1. The number of nitrogens with zero attached hydrogens (tertiary/aromatic N) is 4. The zero-order valence-corrected chi connectivity index (χ0v) is 14.5. The second-order valence-corrected chi connectivity index (χ2v) is 6.35. The van der Waals surface area contributed by atoms with Crippen LogP contribution in [0.4, 0.5) is 0 Å². The van der Waals surface area contributed by atoms with E-state index in [9.17, 15) is 4.79 Å². The van der Waals surface area contributed by atoms with Crippen molar-refractivity contribution in [2.24, 2.45) is 13.0 Å². The average molecular weight is 306 g/mol.